The molecule has 0 saturated carbocycles. The molecule has 44 heavy (non-hydrogen) atoms. The van der Waals surface area contributed by atoms with Crippen molar-refractivity contribution in [2.45, 2.75) is 35.7 Å². The molecule has 2 atom stereocenters. The van der Waals surface area contributed by atoms with Gasteiger partial charge >= 0.3 is 5.97 Å². The molecule has 11 heteroatoms. The molecule has 3 aromatic carbocycles. The van der Waals surface area contributed by atoms with Crippen LogP contribution in [-0.2, 0) is 0 Å². The smallest absolute Gasteiger partial charge is 0.337 e. The van der Waals surface area contributed by atoms with Crippen molar-refractivity contribution in [2.75, 3.05) is 4.90 Å². The van der Waals surface area contributed by atoms with Gasteiger partial charge in [-0.05, 0) is 98.4 Å². The number of benzene rings is 3. The number of thiocarbonyl (C=S) groups is 1. The number of carbonyl (C=O) groups is 1. The van der Waals surface area contributed by atoms with E-state index in [0.717, 1.165) is 38.1 Å². The van der Waals surface area contributed by atoms with Crippen molar-refractivity contribution in [1.29, 1.82) is 0 Å². The normalized spacial score (nSPS) is 16.1. The molecule has 0 bridgehead atoms. The first-order valence-corrected chi connectivity index (χ1v) is 15.0. The van der Waals surface area contributed by atoms with Gasteiger partial charge in [-0.1, -0.05) is 30.0 Å². The van der Waals surface area contributed by atoms with Crippen LogP contribution in [0.3, 0.4) is 0 Å². The summed E-state index contributed by atoms with van der Waals surface area (Å²) in [5.74, 6) is -0.988. The highest BCUT2D eigenvalue weighted by Crippen LogP contribution is 2.44. The van der Waals surface area contributed by atoms with Crippen molar-refractivity contribution >= 4 is 46.4 Å². The Bertz CT molecular complexity index is 1880. The van der Waals surface area contributed by atoms with Crippen LogP contribution in [0.25, 0.3) is 5.69 Å². The largest absolute Gasteiger partial charge is 0.478 e. The molecule has 3 heterocycles. The molecule has 1 aliphatic heterocycles. The third-order valence-corrected chi connectivity index (χ3v) is 8.99. The van der Waals surface area contributed by atoms with E-state index in [4.69, 9.17) is 12.2 Å². The molecule has 0 radical (unpaired) electrons. The van der Waals surface area contributed by atoms with Crippen LogP contribution in [0.4, 0.5) is 11.4 Å². The maximum absolute atomic E-state index is 12.1. The maximum Gasteiger partial charge on any atom is 0.337 e. The molecule has 0 amide bonds. The zero-order chi connectivity index (χ0) is 31.0. The number of carboxylic acid groups (broad SMARTS) is 1. The SMILES string of the molecule is Cc1cc([C@@H]2[C@H](c3ccccn3)NC(=S)N2c2ccc(Sc3ccc([N+](=O)[O-])cc3)cc2)c(C)n1-c1ccccc1C(=O)O. The molecule has 0 unspecified atom stereocenters. The Kier molecular flexibility index (Phi) is 7.90. The van der Waals surface area contributed by atoms with Crippen molar-refractivity contribution in [1.82, 2.24) is 14.9 Å². The van der Waals surface area contributed by atoms with Crippen molar-refractivity contribution in [3.63, 3.8) is 0 Å². The second-order valence-electron chi connectivity index (χ2n) is 10.3. The molecular weight excluding hydrogens is 595 g/mol. The maximum atomic E-state index is 12.1. The van der Waals surface area contributed by atoms with Crippen LogP contribution in [0.5, 0.6) is 0 Å². The minimum atomic E-state index is -0.988. The highest BCUT2D eigenvalue weighted by atomic mass is 32.2. The van der Waals surface area contributed by atoms with E-state index in [-0.39, 0.29) is 23.3 Å². The number of aryl methyl sites for hydroxylation is 1. The Labute approximate surface area is 263 Å². The zero-order valence-corrected chi connectivity index (χ0v) is 25.4. The molecule has 2 aromatic heterocycles. The Morgan fingerprint density at radius 3 is 2.27 bits per heavy atom. The standard InChI is InChI=1S/C33H27N5O4S2/c1-20-19-27(21(2)36(20)29-9-4-3-7-26(29)32(39)40)31-30(28-8-5-6-18-34-28)35-33(43)37(31)22-10-14-24(15-11-22)44-25-16-12-23(13-17-25)38(41)42/h3-19,30-31H,1-2H3,(H,35,43)(H,39,40)/t30-,31+/m0/s1. The van der Waals surface area contributed by atoms with E-state index >= 15 is 0 Å². The van der Waals surface area contributed by atoms with E-state index in [1.807, 2.05) is 73.0 Å². The van der Waals surface area contributed by atoms with E-state index < -0.39 is 10.9 Å². The second kappa shape index (κ2) is 11.9. The zero-order valence-electron chi connectivity index (χ0n) is 23.7. The minimum Gasteiger partial charge on any atom is -0.478 e. The quantitative estimate of drug-likeness (QED) is 0.104. The summed E-state index contributed by atoms with van der Waals surface area (Å²) in [5, 5.41) is 25.0. The van der Waals surface area contributed by atoms with Crippen molar-refractivity contribution in [3.05, 3.63) is 142 Å². The van der Waals surface area contributed by atoms with E-state index in [0.29, 0.717) is 10.8 Å². The molecule has 1 fully saturated rings. The third-order valence-electron chi connectivity index (χ3n) is 7.66. The monoisotopic (exact) mass is 621 g/mol. The van der Waals surface area contributed by atoms with Crippen LogP contribution < -0.4 is 10.2 Å². The predicted octanol–water partition coefficient (Wildman–Crippen LogP) is 7.42. The summed E-state index contributed by atoms with van der Waals surface area (Å²) in [6.07, 6.45) is 1.76. The van der Waals surface area contributed by atoms with Gasteiger partial charge in [-0.2, -0.15) is 0 Å². The van der Waals surface area contributed by atoms with Crippen LogP contribution in [0, 0.1) is 24.0 Å². The number of nitro groups is 1. The lowest BCUT2D eigenvalue weighted by molar-refractivity contribution is -0.384. The van der Waals surface area contributed by atoms with E-state index in [9.17, 15) is 20.0 Å². The number of aromatic carboxylic acids is 1. The lowest BCUT2D eigenvalue weighted by Gasteiger charge is -2.28. The van der Waals surface area contributed by atoms with Gasteiger partial charge in [0.15, 0.2) is 5.11 Å². The fourth-order valence-corrected chi connectivity index (χ4v) is 6.87. The topological polar surface area (TPSA) is 114 Å². The van der Waals surface area contributed by atoms with Crippen molar-refractivity contribution in [2.24, 2.45) is 0 Å². The number of para-hydroxylation sites is 1. The Morgan fingerprint density at radius 2 is 1.64 bits per heavy atom. The van der Waals surface area contributed by atoms with Crippen molar-refractivity contribution < 1.29 is 14.8 Å². The number of non-ortho nitro benzene ring substituents is 1. The molecule has 220 valence electrons. The molecule has 2 N–H and O–H groups in total. The number of pyridine rings is 1. The van der Waals surface area contributed by atoms with Gasteiger partial charge in [-0.3, -0.25) is 15.1 Å². The van der Waals surface area contributed by atoms with Crippen molar-refractivity contribution in [3.8, 4) is 5.69 Å². The first kappa shape index (κ1) is 29.1. The van der Waals surface area contributed by atoms with Gasteiger partial charge in [-0.25, -0.2) is 4.79 Å². The molecule has 1 saturated heterocycles. The number of nitrogens with one attached hydrogen (secondary N) is 1. The highest BCUT2D eigenvalue weighted by Gasteiger charge is 2.42. The van der Waals surface area contributed by atoms with Crippen LogP contribution in [0.2, 0.25) is 0 Å². The number of rotatable bonds is 8. The molecule has 6 rings (SSSR count). The lowest BCUT2D eigenvalue weighted by Crippen LogP contribution is -2.29. The lowest BCUT2D eigenvalue weighted by atomic mass is 9.96. The molecule has 1 aliphatic rings. The number of carboxylic acids is 1. The fraction of sp³-hybridized carbons (Fsp3) is 0.121. The summed E-state index contributed by atoms with van der Waals surface area (Å²) in [7, 11) is 0. The molecule has 0 aliphatic carbocycles. The summed E-state index contributed by atoms with van der Waals surface area (Å²) in [6.45, 7) is 3.97. The number of aromatic nitrogens is 2. The van der Waals surface area contributed by atoms with Crippen LogP contribution in [0.1, 0.15) is 45.1 Å². The van der Waals surface area contributed by atoms with E-state index in [1.54, 1.807) is 30.5 Å². The number of anilines is 1. The summed E-state index contributed by atoms with van der Waals surface area (Å²) in [5.41, 5.74) is 5.40. The molecule has 9 nitrogen and oxygen atoms in total. The van der Waals surface area contributed by atoms with Gasteiger partial charge in [0.2, 0.25) is 0 Å². The van der Waals surface area contributed by atoms with Gasteiger partial charge in [-0.15, -0.1) is 0 Å². The fourth-order valence-electron chi connectivity index (χ4n) is 5.70. The number of nitrogens with zero attached hydrogens (tertiary/aromatic N) is 4. The van der Waals surface area contributed by atoms with E-state index in [2.05, 4.69) is 21.3 Å². The predicted molar refractivity (Wildman–Crippen MR) is 174 cm³/mol. The summed E-state index contributed by atoms with van der Waals surface area (Å²) in [6, 6.07) is 28.8. The third kappa shape index (κ3) is 5.43. The van der Waals surface area contributed by atoms with E-state index in [1.165, 1.54) is 23.9 Å². The average Bonchev–Trinajstić information content (AvgIpc) is 3.52. The van der Waals surface area contributed by atoms with Gasteiger partial charge in [0.05, 0.1) is 34.0 Å². The number of nitro benzene ring substituents is 1. The molecule has 0 spiro atoms. The second-order valence-corrected chi connectivity index (χ2v) is 11.9. The highest BCUT2D eigenvalue weighted by molar-refractivity contribution is 7.99. The van der Waals surface area contributed by atoms with Gasteiger partial charge in [0.1, 0.15) is 0 Å². The molecular formula is C33H27N5O4S2. The Morgan fingerprint density at radius 1 is 0.977 bits per heavy atom. The Hall–Kier alpha value is -5.00. The summed E-state index contributed by atoms with van der Waals surface area (Å²) >= 11 is 7.43. The summed E-state index contributed by atoms with van der Waals surface area (Å²) in [4.78, 5) is 31.3. The van der Waals surface area contributed by atoms with Crippen LogP contribution in [-0.4, -0.2) is 30.7 Å². The average molecular weight is 622 g/mol. The molecule has 5 aromatic rings. The number of hydrogen-bond donors (Lipinski definition) is 2. The summed E-state index contributed by atoms with van der Waals surface area (Å²) < 4.78 is 1.98. The van der Waals surface area contributed by atoms with Crippen LogP contribution in [0.15, 0.2) is 113 Å². The van der Waals surface area contributed by atoms with Crippen LogP contribution >= 0.6 is 24.0 Å². The van der Waals surface area contributed by atoms with Gasteiger partial charge < -0.3 is 19.9 Å². The Balaban J connectivity index is 1.40. The first-order valence-electron chi connectivity index (χ1n) is 13.8. The first-order chi connectivity index (χ1) is 21.2. The van der Waals surface area contributed by atoms with Gasteiger partial charge in [0.25, 0.3) is 5.69 Å². The van der Waals surface area contributed by atoms with Gasteiger partial charge in [0, 0.05) is 45.2 Å². The number of hydrogen-bond acceptors (Lipinski definition) is 6. The minimum absolute atomic E-state index is 0.0547.